The van der Waals surface area contributed by atoms with Crippen LogP contribution in [-0.2, 0) is 9.53 Å². The Morgan fingerprint density at radius 3 is 2.41 bits per heavy atom. The largest absolute Gasteiger partial charge is 0.481 e. The SMILES string of the molecule is C=N/C(=C\C=C(/CC(=O)O)C(=O)c1ccc(C)c(SC)c1NC)N(C)C1CCC1.COC. The Kier molecular flexibility index (Phi) is 11.8. The first-order chi connectivity index (χ1) is 15.2. The number of hydrogen-bond donors (Lipinski definition) is 2. The Hall–Kier alpha value is -2.58. The zero-order valence-electron chi connectivity index (χ0n) is 19.9. The fourth-order valence-corrected chi connectivity index (χ4v) is 4.16. The predicted molar refractivity (Wildman–Crippen MR) is 133 cm³/mol. The molecule has 2 N–H and O–H groups in total. The van der Waals surface area contributed by atoms with Crippen LogP contribution in [0.15, 0.2) is 45.6 Å². The molecule has 8 heteroatoms. The maximum Gasteiger partial charge on any atom is 0.307 e. The summed E-state index contributed by atoms with van der Waals surface area (Å²) in [5, 5.41) is 12.4. The molecule has 0 spiro atoms. The number of nitrogens with zero attached hydrogens (tertiary/aromatic N) is 2. The summed E-state index contributed by atoms with van der Waals surface area (Å²) in [6.07, 6.45) is 8.22. The summed E-state index contributed by atoms with van der Waals surface area (Å²) < 4.78 is 4.25. The molecule has 7 nitrogen and oxygen atoms in total. The summed E-state index contributed by atoms with van der Waals surface area (Å²) in [6, 6.07) is 4.04. The number of benzene rings is 1. The molecule has 32 heavy (non-hydrogen) atoms. The number of allylic oxidation sites excluding steroid dienone is 2. The van der Waals surface area contributed by atoms with E-state index < -0.39 is 5.97 Å². The van der Waals surface area contributed by atoms with Crippen LogP contribution in [0.5, 0.6) is 0 Å². The number of thioether (sulfide) groups is 1. The Bertz CT molecular complexity index is 876. The van der Waals surface area contributed by atoms with E-state index in [2.05, 4.69) is 21.8 Å². The number of carbonyl (C=O) groups excluding carboxylic acids is 1. The lowest BCUT2D eigenvalue weighted by molar-refractivity contribution is -0.136. The van der Waals surface area contributed by atoms with Crippen LogP contribution in [0.25, 0.3) is 0 Å². The summed E-state index contributed by atoms with van der Waals surface area (Å²) in [4.78, 5) is 31.7. The highest BCUT2D eigenvalue weighted by Crippen LogP contribution is 2.33. The van der Waals surface area contributed by atoms with Gasteiger partial charge in [-0.2, -0.15) is 0 Å². The molecule has 1 aromatic rings. The van der Waals surface area contributed by atoms with Gasteiger partial charge < -0.3 is 20.1 Å². The van der Waals surface area contributed by atoms with E-state index in [4.69, 9.17) is 0 Å². The quantitative estimate of drug-likeness (QED) is 0.173. The second kappa shape index (κ2) is 13.8. The number of anilines is 1. The van der Waals surface area contributed by atoms with Crippen LogP contribution in [0.2, 0.25) is 0 Å². The Balaban J connectivity index is 0.00000161. The van der Waals surface area contributed by atoms with Gasteiger partial charge in [-0.1, -0.05) is 12.1 Å². The van der Waals surface area contributed by atoms with E-state index in [0.29, 0.717) is 17.4 Å². The molecule has 0 radical (unpaired) electrons. The lowest BCUT2D eigenvalue weighted by atomic mass is 9.92. The number of hydrogen-bond acceptors (Lipinski definition) is 7. The van der Waals surface area contributed by atoms with Gasteiger partial charge in [0.1, 0.15) is 5.82 Å². The first kappa shape index (κ1) is 27.5. The van der Waals surface area contributed by atoms with E-state index in [-0.39, 0.29) is 17.8 Å². The summed E-state index contributed by atoms with van der Waals surface area (Å²) in [7, 11) is 6.96. The summed E-state index contributed by atoms with van der Waals surface area (Å²) in [5.74, 6) is -0.729. The van der Waals surface area contributed by atoms with Crippen molar-refractivity contribution in [1.29, 1.82) is 0 Å². The van der Waals surface area contributed by atoms with Gasteiger partial charge >= 0.3 is 5.97 Å². The molecule has 0 aliphatic heterocycles. The lowest BCUT2D eigenvalue weighted by Crippen LogP contribution is -2.35. The van der Waals surface area contributed by atoms with Gasteiger partial charge in [0.05, 0.1) is 12.1 Å². The van der Waals surface area contributed by atoms with Gasteiger partial charge in [-0.15, -0.1) is 11.8 Å². The molecule has 0 amide bonds. The zero-order chi connectivity index (χ0) is 24.3. The number of aliphatic carboxylic acids is 1. The molecule has 0 aromatic heterocycles. The number of ether oxygens (including phenoxy) is 1. The van der Waals surface area contributed by atoms with Crippen LogP contribution >= 0.6 is 11.8 Å². The number of carbonyl (C=O) groups is 2. The molecule has 0 saturated heterocycles. The first-order valence-corrected chi connectivity index (χ1v) is 11.6. The minimum atomic E-state index is -1.05. The molecule has 1 aromatic carbocycles. The van der Waals surface area contributed by atoms with Gasteiger partial charge in [0, 0.05) is 50.4 Å². The molecule has 1 fully saturated rings. The van der Waals surface area contributed by atoms with Crippen LogP contribution in [0.1, 0.15) is 41.6 Å². The lowest BCUT2D eigenvalue weighted by Gasteiger charge is -2.36. The average molecular weight is 462 g/mol. The molecular formula is C24H35N3O4S. The van der Waals surface area contributed by atoms with Crippen molar-refractivity contribution in [3.8, 4) is 0 Å². The monoisotopic (exact) mass is 461 g/mol. The molecule has 0 atom stereocenters. The minimum absolute atomic E-state index is 0.202. The van der Waals surface area contributed by atoms with Gasteiger partial charge in [0.25, 0.3) is 0 Å². The van der Waals surface area contributed by atoms with Crippen LogP contribution in [-0.4, -0.2) is 69.1 Å². The second-order valence-electron chi connectivity index (χ2n) is 7.47. The maximum absolute atomic E-state index is 13.2. The van der Waals surface area contributed by atoms with Gasteiger partial charge in [-0.05, 0) is 56.9 Å². The highest BCUT2D eigenvalue weighted by atomic mass is 32.2. The predicted octanol–water partition coefficient (Wildman–Crippen LogP) is 4.63. The molecule has 1 saturated carbocycles. The van der Waals surface area contributed by atoms with Crippen molar-refractivity contribution in [3.05, 3.63) is 46.8 Å². The number of aryl methyl sites for hydroxylation is 1. The molecule has 0 bridgehead atoms. The van der Waals surface area contributed by atoms with Crippen molar-refractivity contribution in [2.45, 2.75) is 43.5 Å². The summed E-state index contributed by atoms with van der Waals surface area (Å²) in [5.41, 5.74) is 2.44. The van der Waals surface area contributed by atoms with E-state index >= 15 is 0 Å². The third kappa shape index (κ3) is 7.24. The summed E-state index contributed by atoms with van der Waals surface area (Å²) >= 11 is 1.55. The molecule has 0 heterocycles. The van der Waals surface area contributed by atoms with Gasteiger partial charge in [0.2, 0.25) is 0 Å². The van der Waals surface area contributed by atoms with Crippen molar-refractivity contribution >= 4 is 35.9 Å². The standard InChI is InChI=1S/C22H29N3O3S.C2H6O/c1-14-9-11-17(20(24-3)22(14)29-5)21(28)15(13-19(26)27)10-12-18(23-2)25(4)16-7-6-8-16;1-3-2/h9-12,16,24H,2,6-8,13H2,1,3-5H3,(H,26,27);1-2H3/b15-10+,18-12+;. The zero-order valence-corrected chi connectivity index (χ0v) is 20.7. The highest BCUT2D eigenvalue weighted by molar-refractivity contribution is 7.98. The minimum Gasteiger partial charge on any atom is -0.481 e. The Morgan fingerprint density at radius 1 is 1.34 bits per heavy atom. The van der Waals surface area contributed by atoms with Gasteiger partial charge in [-0.3, -0.25) is 9.59 Å². The number of carboxylic acids is 1. The number of methoxy groups -OCH3 is 1. The van der Waals surface area contributed by atoms with Crippen LogP contribution in [0.3, 0.4) is 0 Å². The highest BCUT2D eigenvalue weighted by Gasteiger charge is 2.24. The third-order valence-corrected chi connectivity index (χ3v) is 6.20. The third-order valence-electron chi connectivity index (χ3n) is 5.27. The number of rotatable bonds is 10. The van der Waals surface area contributed by atoms with Crippen molar-refractivity contribution in [3.63, 3.8) is 0 Å². The first-order valence-electron chi connectivity index (χ1n) is 10.4. The van der Waals surface area contributed by atoms with Crippen LogP contribution in [0.4, 0.5) is 5.69 Å². The van der Waals surface area contributed by atoms with E-state index in [1.54, 1.807) is 51.2 Å². The molecule has 1 aliphatic rings. The number of nitrogens with one attached hydrogen (secondary N) is 1. The van der Waals surface area contributed by atoms with E-state index in [0.717, 1.165) is 29.0 Å². The van der Waals surface area contributed by atoms with Crippen LogP contribution < -0.4 is 5.32 Å². The number of Topliss-reactive ketones (excluding diaryl/α,β-unsaturated/α-hetero) is 1. The number of ketones is 1. The van der Waals surface area contributed by atoms with Crippen molar-refractivity contribution in [2.24, 2.45) is 4.99 Å². The average Bonchev–Trinajstić information content (AvgIpc) is 2.71. The molecule has 1 aliphatic carbocycles. The smallest absolute Gasteiger partial charge is 0.307 e. The van der Waals surface area contributed by atoms with Gasteiger partial charge in [-0.25, -0.2) is 4.99 Å². The van der Waals surface area contributed by atoms with Crippen LogP contribution in [0, 0.1) is 6.92 Å². The molecule has 0 unspecified atom stereocenters. The second-order valence-corrected chi connectivity index (χ2v) is 8.28. The van der Waals surface area contributed by atoms with Crippen molar-refractivity contribution in [1.82, 2.24) is 4.90 Å². The number of carboxylic acid groups (broad SMARTS) is 1. The fraction of sp³-hybridized carbons (Fsp3) is 0.458. The Labute approximate surface area is 195 Å². The molecule has 2 rings (SSSR count). The molecule has 176 valence electrons. The topological polar surface area (TPSA) is 91.2 Å². The molecular weight excluding hydrogens is 426 g/mol. The van der Waals surface area contributed by atoms with E-state index in [1.807, 2.05) is 31.2 Å². The van der Waals surface area contributed by atoms with Crippen molar-refractivity contribution in [2.75, 3.05) is 39.9 Å². The Morgan fingerprint density at radius 2 is 1.97 bits per heavy atom. The van der Waals surface area contributed by atoms with Gasteiger partial charge in [0.15, 0.2) is 5.78 Å². The number of aliphatic imine (C=N–C) groups is 1. The van der Waals surface area contributed by atoms with E-state index in [9.17, 15) is 14.7 Å². The maximum atomic E-state index is 13.2. The van der Waals surface area contributed by atoms with E-state index in [1.165, 1.54) is 6.42 Å². The fourth-order valence-electron chi connectivity index (χ4n) is 3.36. The summed E-state index contributed by atoms with van der Waals surface area (Å²) in [6.45, 7) is 5.60. The normalized spacial score (nSPS) is 14.1. The van der Waals surface area contributed by atoms with Crippen molar-refractivity contribution < 1.29 is 19.4 Å².